The molecule has 8 aromatic rings. The molecular weight excluding hydrogens is 845 g/mol. The average molecular weight is 921 g/mol. The highest BCUT2D eigenvalue weighted by Gasteiger charge is 2.22. The summed E-state index contributed by atoms with van der Waals surface area (Å²) >= 11 is 0. The smallest absolute Gasteiger partial charge is 0.0540 e. The third kappa shape index (κ3) is 13.0. The topological polar surface area (TPSA) is 6.48 Å². The molecule has 0 aliphatic carbocycles. The zero-order chi connectivity index (χ0) is 48.3. The lowest BCUT2D eigenvalue weighted by atomic mass is 9.89. The Bertz CT molecular complexity index is 2610. The minimum absolute atomic E-state index is 1.04. The van der Waals surface area contributed by atoms with Crippen LogP contribution in [0, 0.1) is 13.8 Å². The summed E-state index contributed by atoms with van der Waals surface area (Å²) in [6, 6.07) is 72.5. The number of aryl methyl sites for hydroxylation is 4. The number of para-hydroxylation sites is 2. The van der Waals surface area contributed by atoms with Gasteiger partial charge >= 0.3 is 0 Å². The van der Waals surface area contributed by atoms with Crippen LogP contribution in [-0.2, 0) is 12.8 Å². The highest BCUT2D eigenvalue weighted by atomic mass is 15.1. The van der Waals surface area contributed by atoms with Gasteiger partial charge in [-0.25, -0.2) is 0 Å². The van der Waals surface area contributed by atoms with Crippen LogP contribution in [0.1, 0.15) is 126 Å². The van der Waals surface area contributed by atoms with Crippen molar-refractivity contribution in [3.63, 3.8) is 0 Å². The molecule has 0 saturated carbocycles. The van der Waals surface area contributed by atoms with E-state index in [4.69, 9.17) is 0 Å². The second kappa shape index (κ2) is 25.8. The van der Waals surface area contributed by atoms with Gasteiger partial charge in [0.1, 0.15) is 0 Å². The van der Waals surface area contributed by atoms with Gasteiger partial charge in [-0.15, -0.1) is 0 Å². The monoisotopic (exact) mass is 921 g/mol. The van der Waals surface area contributed by atoms with E-state index in [1.54, 1.807) is 0 Å². The molecule has 2 nitrogen and oxygen atoms in total. The molecule has 2 heteroatoms. The molecule has 0 heterocycles. The Morgan fingerprint density at radius 1 is 0.286 bits per heavy atom. The fourth-order valence-corrected chi connectivity index (χ4v) is 10.2. The van der Waals surface area contributed by atoms with Crippen LogP contribution < -0.4 is 9.80 Å². The van der Waals surface area contributed by atoms with Gasteiger partial charge in [-0.05, 0) is 134 Å². The van der Waals surface area contributed by atoms with Crippen LogP contribution in [0.3, 0.4) is 0 Å². The summed E-state index contributed by atoms with van der Waals surface area (Å²) in [4.78, 5) is 4.98. The highest BCUT2D eigenvalue weighted by molar-refractivity contribution is 5.91. The molecule has 8 rings (SSSR count). The average Bonchev–Trinajstić information content (AvgIpc) is 3.40. The Balaban J connectivity index is 1.26. The first-order chi connectivity index (χ1) is 34.5. The molecule has 0 N–H and O–H groups in total. The number of rotatable bonds is 25. The molecule has 0 unspecified atom stereocenters. The standard InChI is InChI=1S/C68H76N2/c1-5-7-9-11-13-15-19-33-57-51-61(69(59-43-39-53(3)40-44-59)67-37-27-25-35-65(67)55-29-21-17-22-30-55)47-49-63(57)64-50-48-62(52-58(64)34-20-16-14-12-10-8-6-2)70(60-45-41-54(4)42-46-60)68-38-28-26-36-66(68)56-31-23-18-24-32-56/h17-18,21-32,35-52H,5-16,19-20,33-34H2,1-4H3. The molecule has 0 spiro atoms. The van der Waals surface area contributed by atoms with Crippen LogP contribution in [0.15, 0.2) is 194 Å². The van der Waals surface area contributed by atoms with E-state index < -0.39 is 0 Å². The predicted octanol–water partition coefficient (Wildman–Crippen LogP) is 20.8. The summed E-state index contributed by atoms with van der Waals surface area (Å²) in [7, 11) is 0. The molecule has 70 heavy (non-hydrogen) atoms. The second-order valence-electron chi connectivity index (χ2n) is 19.5. The molecule has 0 amide bonds. The molecule has 0 aliphatic heterocycles. The summed E-state index contributed by atoms with van der Waals surface area (Å²) in [5.41, 5.74) is 20.1. The predicted molar refractivity (Wildman–Crippen MR) is 305 cm³/mol. The van der Waals surface area contributed by atoms with Crippen LogP contribution >= 0.6 is 0 Å². The Hall–Kier alpha value is -6.64. The van der Waals surface area contributed by atoms with Crippen LogP contribution in [-0.4, -0.2) is 0 Å². The van der Waals surface area contributed by atoms with Gasteiger partial charge in [0, 0.05) is 33.9 Å². The maximum Gasteiger partial charge on any atom is 0.0540 e. The Labute approximate surface area is 422 Å². The Kier molecular flexibility index (Phi) is 18.4. The Morgan fingerprint density at radius 3 is 1.00 bits per heavy atom. The van der Waals surface area contributed by atoms with Gasteiger partial charge in [0.25, 0.3) is 0 Å². The summed E-state index contributed by atoms with van der Waals surface area (Å²) in [6.45, 7) is 8.98. The van der Waals surface area contributed by atoms with E-state index in [1.165, 1.54) is 180 Å². The lowest BCUT2D eigenvalue weighted by Crippen LogP contribution is -2.12. The Morgan fingerprint density at radius 2 is 0.614 bits per heavy atom. The first kappa shape index (κ1) is 49.8. The van der Waals surface area contributed by atoms with Crippen LogP contribution in [0.25, 0.3) is 33.4 Å². The van der Waals surface area contributed by atoms with Crippen molar-refractivity contribution >= 4 is 34.1 Å². The van der Waals surface area contributed by atoms with Crippen molar-refractivity contribution in [1.82, 2.24) is 0 Å². The van der Waals surface area contributed by atoms with E-state index in [1.807, 2.05) is 0 Å². The molecule has 0 radical (unpaired) electrons. The van der Waals surface area contributed by atoms with Crippen molar-refractivity contribution in [2.24, 2.45) is 0 Å². The van der Waals surface area contributed by atoms with E-state index in [9.17, 15) is 0 Å². The largest absolute Gasteiger partial charge is 0.310 e. The summed E-state index contributed by atoms with van der Waals surface area (Å²) in [6.07, 6.45) is 20.1. The van der Waals surface area contributed by atoms with Gasteiger partial charge in [0.05, 0.1) is 11.4 Å². The first-order valence-corrected chi connectivity index (χ1v) is 26.8. The zero-order valence-corrected chi connectivity index (χ0v) is 42.7. The zero-order valence-electron chi connectivity index (χ0n) is 42.7. The molecule has 0 bridgehead atoms. The number of hydrogen-bond donors (Lipinski definition) is 0. The van der Waals surface area contributed by atoms with E-state index in [-0.39, 0.29) is 0 Å². The lowest BCUT2D eigenvalue weighted by molar-refractivity contribution is 0.589. The fraction of sp³-hybridized carbons (Fsp3) is 0.294. The SMILES string of the molecule is CCCCCCCCCc1cc(N(c2ccc(C)cc2)c2ccccc2-c2ccccc2)ccc1-c1ccc(N(c2ccc(C)cc2)c2ccccc2-c2ccccc2)cc1CCCCCCCCC. The normalized spacial score (nSPS) is 11.2. The summed E-state index contributed by atoms with van der Waals surface area (Å²) in [5, 5.41) is 0. The lowest BCUT2D eigenvalue weighted by Gasteiger charge is -2.30. The van der Waals surface area contributed by atoms with E-state index >= 15 is 0 Å². The minimum Gasteiger partial charge on any atom is -0.310 e. The third-order valence-electron chi connectivity index (χ3n) is 14.1. The molecule has 0 fully saturated rings. The molecule has 8 aromatic carbocycles. The van der Waals surface area contributed by atoms with Crippen molar-refractivity contribution < 1.29 is 0 Å². The fourth-order valence-electron chi connectivity index (χ4n) is 10.2. The molecule has 0 atom stereocenters. The van der Waals surface area contributed by atoms with E-state index in [2.05, 4.69) is 232 Å². The van der Waals surface area contributed by atoms with Crippen molar-refractivity contribution in [1.29, 1.82) is 0 Å². The van der Waals surface area contributed by atoms with Crippen molar-refractivity contribution in [3.05, 3.63) is 216 Å². The number of hydrogen-bond acceptors (Lipinski definition) is 2. The second-order valence-corrected chi connectivity index (χ2v) is 19.5. The van der Waals surface area contributed by atoms with Gasteiger partial charge in [-0.1, -0.05) is 235 Å². The number of benzene rings is 8. The molecule has 358 valence electrons. The van der Waals surface area contributed by atoms with Gasteiger partial charge in [0.2, 0.25) is 0 Å². The van der Waals surface area contributed by atoms with E-state index in [0.717, 1.165) is 12.8 Å². The summed E-state index contributed by atoms with van der Waals surface area (Å²) in [5.74, 6) is 0. The number of unbranched alkanes of at least 4 members (excludes halogenated alkanes) is 12. The number of nitrogens with zero attached hydrogens (tertiary/aromatic N) is 2. The van der Waals surface area contributed by atoms with Crippen LogP contribution in [0.2, 0.25) is 0 Å². The van der Waals surface area contributed by atoms with Gasteiger partial charge in [0.15, 0.2) is 0 Å². The quantitative estimate of drug-likeness (QED) is 0.0527. The highest BCUT2D eigenvalue weighted by Crippen LogP contribution is 2.45. The maximum atomic E-state index is 2.54. The summed E-state index contributed by atoms with van der Waals surface area (Å²) < 4.78 is 0. The molecule has 0 aromatic heterocycles. The van der Waals surface area contributed by atoms with Crippen molar-refractivity contribution in [2.45, 2.75) is 130 Å². The first-order valence-electron chi connectivity index (χ1n) is 26.8. The van der Waals surface area contributed by atoms with Gasteiger partial charge in [-0.2, -0.15) is 0 Å². The molecule has 0 aliphatic rings. The minimum atomic E-state index is 1.04. The van der Waals surface area contributed by atoms with Gasteiger partial charge < -0.3 is 9.80 Å². The van der Waals surface area contributed by atoms with Crippen molar-refractivity contribution in [2.75, 3.05) is 9.80 Å². The van der Waals surface area contributed by atoms with E-state index in [0.29, 0.717) is 0 Å². The third-order valence-corrected chi connectivity index (χ3v) is 14.1. The van der Waals surface area contributed by atoms with Crippen LogP contribution in [0.4, 0.5) is 34.1 Å². The van der Waals surface area contributed by atoms with Gasteiger partial charge in [-0.3, -0.25) is 0 Å². The number of anilines is 6. The van der Waals surface area contributed by atoms with Crippen LogP contribution in [0.5, 0.6) is 0 Å². The van der Waals surface area contributed by atoms with Crippen molar-refractivity contribution in [3.8, 4) is 33.4 Å². The maximum absolute atomic E-state index is 2.54. The molecular formula is C68H76N2. The molecule has 0 saturated heterocycles.